The van der Waals surface area contributed by atoms with Crippen LogP contribution in [0.4, 0.5) is 0 Å². The Kier molecular flexibility index (Phi) is 6.79. The molecule has 0 radical (unpaired) electrons. The van der Waals surface area contributed by atoms with Crippen molar-refractivity contribution in [3.8, 4) is 56.4 Å². The predicted octanol–water partition coefficient (Wildman–Crippen LogP) is 13.2. The van der Waals surface area contributed by atoms with E-state index in [2.05, 4.69) is 127 Å². The van der Waals surface area contributed by atoms with E-state index in [9.17, 15) is 0 Å². The summed E-state index contributed by atoms with van der Waals surface area (Å²) in [5, 5.41) is 6.46. The summed E-state index contributed by atoms with van der Waals surface area (Å²) >= 11 is 0. The smallest absolute Gasteiger partial charge is 0.164 e. The maximum absolute atomic E-state index is 6.48. The molecular formula is C49H29N3O2. The Morgan fingerprint density at radius 1 is 0.315 bits per heavy atom. The highest BCUT2D eigenvalue weighted by atomic mass is 16.3. The highest BCUT2D eigenvalue weighted by Crippen LogP contribution is 2.42. The molecule has 0 atom stereocenters. The summed E-state index contributed by atoms with van der Waals surface area (Å²) in [5.74, 6) is 1.78. The van der Waals surface area contributed by atoms with Gasteiger partial charge < -0.3 is 8.83 Å². The summed E-state index contributed by atoms with van der Waals surface area (Å²) < 4.78 is 12.7. The molecule has 8 aromatic carbocycles. The van der Waals surface area contributed by atoms with Gasteiger partial charge in [0, 0.05) is 43.6 Å². The summed E-state index contributed by atoms with van der Waals surface area (Å²) in [6, 6.07) is 60.4. The Balaban J connectivity index is 1.08. The van der Waals surface area contributed by atoms with Gasteiger partial charge in [-0.2, -0.15) is 0 Å². The molecule has 0 aliphatic rings. The number of furan rings is 2. The third kappa shape index (κ3) is 4.90. The van der Waals surface area contributed by atoms with Crippen molar-refractivity contribution in [2.75, 3.05) is 0 Å². The van der Waals surface area contributed by atoms with Gasteiger partial charge in [-0.3, -0.25) is 0 Å². The molecule has 54 heavy (non-hydrogen) atoms. The molecule has 5 heteroatoms. The van der Waals surface area contributed by atoms with Crippen LogP contribution in [0.1, 0.15) is 0 Å². The van der Waals surface area contributed by atoms with Crippen molar-refractivity contribution in [1.82, 2.24) is 15.0 Å². The number of nitrogens with zero attached hydrogens (tertiary/aromatic N) is 3. The van der Waals surface area contributed by atoms with Crippen molar-refractivity contribution < 1.29 is 8.83 Å². The third-order valence-corrected chi connectivity index (χ3v) is 10.4. The van der Waals surface area contributed by atoms with E-state index in [1.807, 2.05) is 48.5 Å². The normalized spacial score (nSPS) is 11.7. The molecule has 0 fully saturated rings. The SMILES string of the molecule is c1ccc(-c2ccc(-c3nc(-c4ccc(-c5cc6ccccc6c6oc7ccccc7c56)cc4)nc(-c4cccc5oc6ccccc6c45)n3)cc2)cc1. The van der Waals surface area contributed by atoms with Gasteiger partial charge in [-0.15, -0.1) is 0 Å². The predicted molar refractivity (Wildman–Crippen MR) is 219 cm³/mol. The van der Waals surface area contributed by atoms with E-state index in [1.165, 1.54) is 0 Å². The average molecular weight is 692 g/mol. The number of rotatable bonds is 5. The molecule has 0 unspecified atom stereocenters. The van der Waals surface area contributed by atoms with Crippen LogP contribution in [0.15, 0.2) is 185 Å². The van der Waals surface area contributed by atoms with E-state index < -0.39 is 0 Å². The van der Waals surface area contributed by atoms with Crippen LogP contribution >= 0.6 is 0 Å². The average Bonchev–Trinajstić information content (AvgIpc) is 3.83. The lowest BCUT2D eigenvalue weighted by molar-refractivity contribution is 0.669. The van der Waals surface area contributed by atoms with E-state index in [-0.39, 0.29) is 0 Å². The number of aromatic nitrogens is 3. The zero-order valence-corrected chi connectivity index (χ0v) is 28.9. The van der Waals surface area contributed by atoms with Crippen molar-refractivity contribution in [2.24, 2.45) is 0 Å². The lowest BCUT2D eigenvalue weighted by Crippen LogP contribution is -2.00. The van der Waals surface area contributed by atoms with Gasteiger partial charge in [0.15, 0.2) is 17.5 Å². The van der Waals surface area contributed by atoms with Gasteiger partial charge in [0.2, 0.25) is 0 Å². The van der Waals surface area contributed by atoms with E-state index in [0.717, 1.165) is 93.6 Å². The van der Waals surface area contributed by atoms with Crippen LogP contribution in [0.2, 0.25) is 0 Å². The van der Waals surface area contributed by atoms with Crippen LogP contribution < -0.4 is 0 Å². The zero-order valence-electron chi connectivity index (χ0n) is 28.9. The van der Waals surface area contributed by atoms with Crippen molar-refractivity contribution >= 4 is 54.6 Å². The molecule has 252 valence electrons. The van der Waals surface area contributed by atoms with Gasteiger partial charge in [-0.25, -0.2) is 15.0 Å². The summed E-state index contributed by atoms with van der Waals surface area (Å²) in [5.41, 5.74) is 10.6. The van der Waals surface area contributed by atoms with Crippen LogP contribution in [0.5, 0.6) is 0 Å². The summed E-state index contributed by atoms with van der Waals surface area (Å²) in [6.07, 6.45) is 0. The highest BCUT2D eigenvalue weighted by Gasteiger charge is 2.19. The van der Waals surface area contributed by atoms with Crippen molar-refractivity contribution in [3.05, 3.63) is 176 Å². The lowest BCUT2D eigenvalue weighted by Gasteiger charge is -2.11. The number of fused-ring (bicyclic) bond motifs is 8. The van der Waals surface area contributed by atoms with Gasteiger partial charge in [0.25, 0.3) is 0 Å². The summed E-state index contributed by atoms with van der Waals surface area (Å²) in [7, 11) is 0. The molecule has 5 nitrogen and oxygen atoms in total. The van der Waals surface area contributed by atoms with E-state index in [1.54, 1.807) is 0 Å². The first-order chi connectivity index (χ1) is 26.7. The Hall–Kier alpha value is -7.37. The van der Waals surface area contributed by atoms with Crippen LogP contribution in [0.3, 0.4) is 0 Å². The molecule has 11 aromatic rings. The Bertz CT molecular complexity index is 3200. The van der Waals surface area contributed by atoms with Crippen LogP contribution in [0, 0.1) is 0 Å². The molecule has 0 saturated heterocycles. The van der Waals surface area contributed by atoms with Crippen LogP contribution in [-0.4, -0.2) is 15.0 Å². The maximum atomic E-state index is 6.48. The van der Waals surface area contributed by atoms with E-state index in [0.29, 0.717) is 17.5 Å². The fourth-order valence-corrected chi connectivity index (χ4v) is 7.74. The summed E-state index contributed by atoms with van der Waals surface area (Å²) in [4.78, 5) is 15.4. The minimum Gasteiger partial charge on any atom is -0.456 e. The van der Waals surface area contributed by atoms with E-state index in [4.69, 9.17) is 23.8 Å². The first-order valence-corrected chi connectivity index (χ1v) is 18.0. The molecular weight excluding hydrogens is 663 g/mol. The van der Waals surface area contributed by atoms with Gasteiger partial charge in [-0.1, -0.05) is 152 Å². The third-order valence-electron chi connectivity index (χ3n) is 10.4. The molecule has 3 heterocycles. The largest absolute Gasteiger partial charge is 0.456 e. The second-order valence-electron chi connectivity index (χ2n) is 13.6. The van der Waals surface area contributed by atoms with Crippen molar-refractivity contribution in [2.45, 2.75) is 0 Å². The number of benzene rings is 8. The quantitative estimate of drug-likeness (QED) is 0.180. The highest BCUT2D eigenvalue weighted by molar-refractivity contribution is 6.21. The molecule has 0 spiro atoms. The van der Waals surface area contributed by atoms with Crippen molar-refractivity contribution in [1.29, 1.82) is 0 Å². The minimum absolute atomic E-state index is 0.587. The van der Waals surface area contributed by atoms with Gasteiger partial charge in [0.05, 0.1) is 0 Å². The standard InChI is InChI=1S/C49H29N3O2/c1-2-11-30(12-3-1)31-21-25-33(26-22-31)47-50-48(52-49(51-47)39-17-10-20-43-44(39)37-15-6-8-18-41(37)53-43)34-27-23-32(24-28-34)40-29-35-13-4-5-14-36(35)46-45(40)38-16-7-9-19-42(38)54-46/h1-29H. The molecule has 11 rings (SSSR count). The molecule has 0 bridgehead atoms. The zero-order chi connectivity index (χ0) is 35.6. The second-order valence-corrected chi connectivity index (χ2v) is 13.6. The molecule has 0 amide bonds. The maximum Gasteiger partial charge on any atom is 0.164 e. The van der Waals surface area contributed by atoms with Crippen molar-refractivity contribution in [3.63, 3.8) is 0 Å². The van der Waals surface area contributed by atoms with Crippen LogP contribution in [0.25, 0.3) is 111 Å². The summed E-state index contributed by atoms with van der Waals surface area (Å²) in [6.45, 7) is 0. The molecule has 0 aliphatic heterocycles. The van der Waals surface area contributed by atoms with Gasteiger partial charge in [0.1, 0.15) is 22.3 Å². The first kappa shape index (κ1) is 30.3. The minimum atomic E-state index is 0.587. The Morgan fingerprint density at radius 3 is 1.56 bits per heavy atom. The second kappa shape index (κ2) is 12.1. The van der Waals surface area contributed by atoms with Crippen LogP contribution in [-0.2, 0) is 0 Å². The Morgan fingerprint density at radius 2 is 0.833 bits per heavy atom. The number of hydrogen-bond acceptors (Lipinski definition) is 5. The Labute approximate surface area is 309 Å². The van der Waals surface area contributed by atoms with Gasteiger partial charge in [-0.05, 0) is 51.9 Å². The molecule has 0 aliphatic carbocycles. The van der Waals surface area contributed by atoms with Gasteiger partial charge >= 0.3 is 0 Å². The molecule has 3 aromatic heterocycles. The number of para-hydroxylation sites is 2. The molecule has 0 saturated carbocycles. The number of hydrogen-bond donors (Lipinski definition) is 0. The molecule has 0 N–H and O–H groups in total. The first-order valence-electron chi connectivity index (χ1n) is 18.0. The fourth-order valence-electron chi connectivity index (χ4n) is 7.74. The van der Waals surface area contributed by atoms with E-state index >= 15 is 0 Å². The monoisotopic (exact) mass is 691 g/mol. The topological polar surface area (TPSA) is 65.0 Å². The lowest BCUT2D eigenvalue weighted by atomic mass is 9.95. The fraction of sp³-hybridized carbons (Fsp3) is 0.